The van der Waals surface area contributed by atoms with Gasteiger partial charge in [0.15, 0.2) is 11.7 Å². The molecular formula is C24H28FN3O2. The number of carbonyl (C=O) groups excluding carboxylic acids is 1. The number of carbonyl (C=O) groups is 1. The van der Waals surface area contributed by atoms with Gasteiger partial charge in [-0.15, -0.1) is 0 Å². The van der Waals surface area contributed by atoms with Crippen LogP contribution in [0, 0.1) is 19.7 Å². The van der Waals surface area contributed by atoms with E-state index >= 15 is 0 Å². The van der Waals surface area contributed by atoms with Crippen molar-refractivity contribution in [2.45, 2.75) is 32.7 Å². The average molecular weight is 410 g/mol. The van der Waals surface area contributed by atoms with Crippen LogP contribution >= 0.6 is 0 Å². The topological polar surface area (TPSA) is 58.4 Å². The van der Waals surface area contributed by atoms with Crippen molar-refractivity contribution < 1.29 is 13.6 Å². The Bertz CT molecular complexity index is 1010. The fraction of sp³-hybridized carbons (Fsp3) is 0.333. The van der Waals surface area contributed by atoms with Crippen LogP contribution in [0.3, 0.4) is 0 Å². The Morgan fingerprint density at radius 2 is 1.97 bits per heavy atom. The summed E-state index contributed by atoms with van der Waals surface area (Å²) in [5, 5.41) is 2.93. The number of hydrogen-bond donors (Lipinski definition) is 1. The number of hydrogen-bond acceptors (Lipinski definition) is 4. The third-order valence-electron chi connectivity index (χ3n) is 5.26. The second-order valence-electron chi connectivity index (χ2n) is 7.76. The lowest BCUT2D eigenvalue weighted by Gasteiger charge is -2.25. The molecule has 0 aliphatic heterocycles. The van der Waals surface area contributed by atoms with Gasteiger partial charge in [-0.3, -0.25) is 4.79 Å². The Kier molecular flexibility index (Phi) is 7.00. The molecule has 0 aliphatic rings. The molecule has 3 aromatic rings. The molecule has 0 spiro atoms. The molecule has 2 aromatic carbocycles. The van der Waals surface area contributed by atoms with E-state index in [-0.39, 0.29) is 24.2 Å². The smallest absolute Gasteiger partial charge is 0.220 e. The Hall–Kier alpha value is -2.99. The lowest BCUT2D eigenvalue weighted by Crippen LogP contribution is -2.34. The van der Waals surface area contributed by atoms with E-state index in [4.69, 9.17) is 4.42 Å². The van der Waals surface area contributed by atoms with Gasteiger partial charge in [-0.05, 0) is 62.8 Å². The fourth-order valence-electron chi connectivity index (χ4n) is 3.29. The van der Waals surface area contributed by atoms with Crippen LogP contribution in [0.2, 0.25) is 0 Å². The molecule has 0 fully saturated rings. The Morgan fingerprint density at radius 3 is 2.67 bits per heavy atom. The molecule has 1 aromatic heterocycles. The van der Waals surface area contributed by atoms with Crippen LogP contribution in [0.15, 0.2) is 53.1 Å². The second kappa shape index (κ2) is 9.67. The maximum Gasteiger partial charge on any atom is 0.220 e. The van der Waals surface area contributed by atoms with E-state index in [9.17, 15) is 9.18 Å². The van der Waals surface area contributed by atoms with E-state index in [1.165, 1.54) is 23.3 Å². The zero-order valence-electron chi connectivity index (χ0n) is 17.9. The summed E-state index contributed by atoms with van der Waals surface area (Å²) in [5.41, 5.74) is 4.22. The summed E-state index contributed by atoms with van der Waals surface area (Å²) in [7, 11) is 3.81. The monoisotopic (exact) mass is 409 g/mol. The number of aromatic nitrogens is 1. The number of likely N-dealkylation sites (N-methyl/N-ethyl adjacent to an activating group) is 1. The molecule has 30 heavy (non-hydrogen) atoms. The molecule has 1 heterocycles. The number of nitrogens with zero attached hydrogens (tertiary/aromatic N) is 2. The Morgan fingerprint density at radius 1 is 1.17 bits per heavy atom. The van der Waals surface area contributed by atoms with Crippen molar-refractivity contribution in [1.82, 2.24) is 15.2 Å². The molecule has 0 unspecified atom stereocenters. The molecule has 1 atom stereocenters. The van der Waals surface area contributed by atoms with Crippen LogP contribution in [0.5, 0.6) is 0 Å². The highest BCUT2D eigenvalue weighted by Crippen LogP contribution is 2.23. The van der Waals surface area contributed by atoms with Crippen LogP contribution in [0.25, 0.3) is 11.3 Å². The minimum Gasteiger partial charge on any atom is -0.441 e. The van der Waals surface area contributed by atoms with Crippen molar-refractivity contribution in [3.63, 3.8) is 0 Å². The van der Waals surface area contributed by atoms with Gasteiger partial charge in [0, 0.05) is 24.9 Å². The van der Waals surface area contributed by atoms with E-state index in [0.29, 0.717) is 24.6 Å². The number of benzene rings is 2. The molecule has 0 aliphatic carbocycles. The quantitative estimate of drug-likeness (QED) is 0.597. The van der Waals surface area contributed by atoms with Crippen LogP contribution in [-0.2, 0) is 11.2 Å². The maximum atomic E-state index is 13.5. The third kappa shape index (κ3) is 5.54. The Labute approximate surface area is 176 Å². The molecule has 0 bridgehead atoms. The first-order chi connectivity index (χ1) is 14.3. The first-order valence-corrected chi connectivity index (χ1v) is 10.0. The van der Waals surface area contributed by atoms with Crippen LogP contribution in [0.4, 0.5) is 4.39 Å². The highest BCUT2D eigenvalue weighted by molar-refractivity contribution is 5.76. The maximum absolute atomic E-state index is 13.5. The van der Waals surface area contributed by atoms with E-state index in [1.807, 2.05) is 31.1 Å². The van der Waals surface area contributed by atoms with Crippen molar-refractivity contribution in [3.05, 3.63) is 77.1 Å². The first-order valence-electron chi connectivity index (χ1n) is 10.0. The second-order valence-corrected chi connectivity index (χ2v) is 7.76. The van der Waals surface area contributed by atoms with Gasteiger partial charge in [-0.1, -0.05) is 24.3 Å². The van der Waals surface area contributed by atoms with Gasteiger partial charge in [0.05, 0.1) is 12.2 Å². The predicted molar refractivity (Wildman–Crippen MR) is 116 cm³/mol. The fourth-order valence-corrected chi connectivity index (χ4v) is 3.29. The standard InChI is InChI=1S/C24H28FN3O2/c1-16-8-9-19(12-17(16)2)22-15-27-24(30-22)11-10-23(29)26-14-21(28(3)4)18-6-5-7-20(25)13-18/h5-9,12-13,15,21H,10-11,14H2,1-4H3,(H,26,29)/t21-/m1/s1. The van der Waals surface area contributed by atoms with Crippen molar-refractivity contribution in [2.75, 3.05) is 20.6 Å². The van der Waals surface area contributed by atoms with Crippen molar-refractivity contribution >= 4 is 5.91 Å². The number of rotatable bonds is 8. The normalized spacial score (nSPS) is 12.2. The summed E-state index contributed by atoms with van der Waals surface area (Å²) >= 11 is 0. The number of amides is 1. The number of oxazole rings is 1. The van der Waals surface area contributed by atoms with Gasteiger partial charge in [0.2, 0.25) is 5.91 Å². The molecule has 0 radical (unpaired) electrons. The molecule has 0 saturated heterocycles. The van der Waals surface area contributed by atoms with Gasteiger partial charge in [0.25, 0.3) is 0 Å². The lowest BCUT2D eigenvalue weighted by molar-refractivity contribution is -0.121. The summed E-state index contributed by atoms with van der Waals surface area (Å²) < 4.78 is 19.4. The van der Waals surface area contributed by atoms with Crippen molar-refractivity contribution in [1.29, 1.82) is 0 Å². The number of nitrogens with one attached hydrogen (secondary N) is 1. The van der Waals surface area contributed by atoms with Gasteiger partial charge in [-0.25, -0.2) is 9.37 Å². The van der Waals surface area contributed by atoms with E-state index in [1.54, 1.807) is 12.3 Å². The molecule has 0 saturated carbocycles. The SMILES string of the molecule is Cc1ccc(-c2cnc(CCC(=O)NC[C@H](c3cccc(F)c3)N(C)C)o2)cc1C. The zero-order chi connectivity index (χ0) is 21.7. The molecule has 158 valence electrons. The van der Waals surface area contributed by atoms with Crippen molar-refractivity contribution in [2.24, 2.45) is 0 Å². The van der Waals surface area contributed by atoms with Crippen LogP contribution in [-0.4, -0.2) is 36.4 Å². The predicted octanol–water partition coefficient (Wildman–Crippen LogP) is 4.45. The molecule has 5 nitrogen and oxygen atoms in total. The van der Waals surface area contributed by atoms with Gasteiger partial charge < -0.3 is 14.6 Å². The Balaban J connectivity index is 1.54. The number of halogens is 1. The minimum absolute atomic E-state index is 0.0933. The van der Waals surface area contributed by atoms with Gasteiger partial charge in [0.1, 0.15) is 5.82 Å². The van der Waals surface area contributed by atoms with Gasteiger partial charge >= 0.3 is 0 Å². The highest BCUT2D eigenvalue weighted by atomic mass is 19.1. The van der Waals surface area contributed by atoms with Crippen LogP contribution < -0.4 is 5.32 Å². The molecular weight excluding hydrogens is 381 g/mol. The number of aryl methyl sites for hydroxylation is 3. The average Bonchev–Trinajstić information content (AvgIpc) is 3.17. The van der Waals surface area contributed by atoms with Gasteiger partial charge in [-0.2, -0.15) is 0 Å². The molecule has 1 amide bonds. The zero-order valence-corrected chi connectivity index (χ0v) is 17.9. The summed E-state index contributed by atoms with van der Waals surface area (Å²) in [6.07, 6.45) is 2.39. The molecule has 1 N–H and O–H groups in total. The highest BCUT2D eigenvalue weighted by Gasteiger charge is 2.16. The summed E-state index contributed by atoms with van der Waals surface area (Å²) in [5.74, 6) is 0.860. The molecule has 3 rings (SSSR count). The summed E-state index contributed by atoms with van der Waals surface area (Å²) in [6, 6.07) is 12.5. The first kappa shape index (κ1) is 21.7. The van der Waals surface area contributed by atoms with E-state index in [0.717, 1.165) is 11.1 Å². The summed E-state index contributed by atoms with van der Waals surface area (Å²) in [4.78, 5) is 18.6. The van der Waals surface area contributed by atoms with Crippen molar-refractivity contribution in [3.8, 4) is 11.3 Å². The van der Waals surface area contributed by atoms with E-state index < -0.39 is 0 Å². The van der Waals surface area contributed by atoms with Crippen LogP contribution in [0.1, 0.15) is 35.0 Å². The van der Waals surface area contributed by atoms with E-state index in [2.05, 4.69) is 36.3 Å². The summed E-state index contributed by atoms with van der Waals surface area (Å²) in [6.45, 7) is 4.53. The third-order valence-corrected chi connectivity index (χ3v) is 5.26. The lowest BCUT2D eigenvalue weighted by atomic mass is 10.1. The minimum atomic E-state index is -0.283. The largest absolute Gasteiger partial charge is 0.441 e. The molecule has 6 heteroatoms.